The highest BCUT2D eigenvalue weighted by molar-refractivity contribution is 7.89. The molecule has 0 aliphatic rings. The lowest BCUT2D eigenvalue weighted by Gasteiger charge is -2.14. The zero-order valence-corrected chi connectivity index (χ0v) is 11.1. The van der Waals surface area contributed by atoms with Gasteiger partial charge in [0.2, 0.25) is 10.0 Å². The fraction of sp³-hybridized carbons (Fsp3) is 0.455. The molecule has 0 fully saturated rings. The van der Waals surface area contributed by atoms with Crippen molar-refractivity contribution in [2.45, 2.75) is 24.3 Å². The van der Waals surface area contributed by atoms with E-state index in [1.165, 1.54) is 19.2 Å². The summed E-state index contributed by atoms with van der Waals surface area (Å²) in [6, 6.07) is 3.10. The summed E-state index contributed by atoms with van der Waals surface area (Å²) in [7, 11) is -2.19. The van der Waals surface area contributed by atoms with Gasteiger partial charge in [-0.3, -0.25) is 0 Å². The van der Waals surface area contributed by atoms with Crippen LogP contribution in [0.4, 0.5) is 10.1 Å². The number of hydrogen-bond acceptors (Lipinski definition) is 4. The number of nitrogen functional groups attached to an aromatic ring is 1. The van der Waals surface area contributed by atoms with Crippen LogP contribution in [0, 0.1) is 5.82 Å². The van der Waals surface area contributed by atoms with Gasteiger partial charge in [-0.25, -0.2) is 17.5 Å². The van der Waals surface area contributed by atoms with E-state index in [4.69, 9.17) is 10.5 Å². The molecule has 102 valence electrons. The molecule has 0 aromatic heterocycles. The first-order valence-electron chi connectivity index (χ1n) is 5.43. The molecule has 1 atom stereocenters. The fourth-order valence-electron chi connectivity index (χ4n) is 1.36. The third-order valence-electron chi connectivity index (χ3n) is 2.39. The van der Waals surface area contributed by atoms with Crippen molar-refractivity contribution in [3.63, 3.8) is 0 Å². The zero-order chi connectivity index (χ0) is 13.8. The maximum absolute atomic E-state index is 13.2. The van der Waals surface area contributed by atoms with E-state index in [1.807, 2.05) is 0 Å². The number of rotatable bonds is 6. The van der Waals surface area contributed by atoms with Crippen LogP contribution in [0.2, 0.25) is 0 Å². The molecule has 0 heterocycles. The Labute approximate surface area is 106 Å². The summed E-state index contributed by atoms with van der Waals surface area (Å²) in [5.74, 6) is -0.748. The van der Waals surface area contributed by atoms with E-state index in [-0.39, 0.29) is 16.6 Å². The molecule has 7 heteroatoms. The maximum atomic E-state index is 13.2. The Morgan fingerprint density at radius 2 is 2.17 bits per heavy atom. The molecule has 1 aromatic rings. The number of nitrogens with two attached hydrogens (primary N) is 1. The van der Waals surface area contributed by atoms with Crippen LogP contribution >= 0.6 is 0 Å². The molecule has 0 saturated heterocycles. The van der Waals surface area contributed by atoms with Crippen LogP contribution in [-0.4, -0.2) is 28.2 Å². The minimum Gasteiger partial charge on any atom is -0.396 e. The molecule has 1 aromatic carbocycles. The molecule has 0 saturated carbocycles. The van der Waals surface area contributed by atoms with E-state index in [2.05, 4.69) is 4.72 Å². The second kappa shape index (κ2) is 6.12. The number of sulfonamides is 1. The van der Waals surface area contributed by atoms with Gasteiger partial charge >= 0.3 is 0 Å². The predicted molar refractivity (Wildman–Crippen MR) is 67.1 cm³/mol. The minimum absolute atomic E-state index is 0.0821. The summed E-state index contributed by atoms with van der Waals surface area (Å²) >= 11 is 0. The fourth-order valence-corrected chi connectivity index (χ4v) is 2.65. The van der Waals surface area contributed by atoms with Crippen molar-refractivity contribution >= 4 is 15.7 Å². The summed E-state index contributed by atoms with van der Waals surface area (Å²) in [4.78, 5) is -0.140. The first-order valence-corrected chi connectivity index (χ1v) is 6.91. The molecule has 3 N–H and O–H groups in total. The SMILES string of the molecule is COCCC(C)NS(=O)(=O)c1ccc(N)c(F)c1. The van der Waals surface area contributed by atoms with Crippen molar-refractivity contribution in [3.8, 4) is 0 Å². The molecule has 0 bridgehead atoms. The molecule has 1 unspecified atom stereocenters. The van der Waals surface area contributed by atoms with E-state index in [0.717, 1.165) is 6.07 Å². The highest BCUT2D eigenvalue weighted by Gasteiger charge is 2.18. The Balaban J connectivity index is 2.83. The maximum Gasteiger partial charge on any atom is 0.240 e. The van der Waals surface area contributed by atoms with Crippen molar-refractivity contribution in [2.24, 2.45) is 0 Å². The normalized spacial score (nSPS) is 13.5. The number of ether oxygens (including phenoxy) is 1. The van der Waals surface area contributed by atoms with Gasteiger partial charge in [-0.05, 0) is 31.5 Å². The quantitative estimate of drug-likeness (QED) is 0.763. The van der Waals surface area contributed by atoms with Crippen molar-refractivity contribution in [3.05, 3.63) is 24.0 Å². The number of hydrogen-bond donors (Lipinski definition) is 2. The topological polar surface area (TPSA) is 81.4 Å². The zero-order valence-electron chi connectivity index (χ0n) is 10.3. The molecule has 5 nitrogen and oxygen atoms in total. The number of anilines is 1. The molecular formula is C11H17FN2O3S. The number of halogens is 1. The first-order chi connectivity index (χ1) is 8.36. The van der Waals surface area contributed by atoms with E-state index in [9.17, 15) is 12.8 Å². The lowest BCUT2D eigenvalue weighted by molar-refractivity contribution is 0.188. The van der Waals surface area contributed by atoms with Crippen LogP contribution in [0.25, 0.3) is 0 Å². The largest absolute Gasteiger partial charge is 0.396 e. The lowest BCUT2D eigenvalue weighted by atomic mass is 10.3. The molecule has 0 aliphatic carbocycles. The van der Waals surface area contributed by atoms with Crippen molar-refractivity contribution in [1.29, 1.82) is 0 Å². The lowest BCUT2D eigenvalue weighted by Crippen LogP contribution is -2.33. The average molecular weight is 276 g/mol. The highest BCUT2D eigenvalue weighted by atomic mass is 32.2. The van der Waals surface area contributed by atoms with Gasteiger partial charge in [-0.15, -0.1) is 0 Å². The van der Waals surface area contributed by atoms with Gasteiger partial charge in [0.1, 0.15) is 5.82 Å². The molecule has 0 radical (unpaired) electrons. The van der Waals surface area contributed by atoms with Crippen LogP contribution in [0.1, 0.15) is 13.3 Å². The van der Waals surface area contributed by atoms with Gasteiger partial charge < -0.3 is 10.5 Å². The summed E-state index contributed by atoms with van der Waals surface area (Å²) in [5.41, 5.74) is 5.21. The van der Waals surface area contributed by atoms with Crippen molar-refractivity contribution in [2.75, 3.05) is 19.5 Å². The Bertz CT molecular complexity index is 505. The van der Waals surface area contributed by atoms with Gasteiger partial charge in [-0.2, -0.15) is 0 Å². The van der Waals surface area contributed by atoms with Crippen LogP contribution < -0.4 is 10.5 Å². The molecule has 1 rings (SSSR count). The second-order valence-electron chi connectivity index (χ2n) is 3.99. The predicted octanol–water partition coefficient (Wildman–Crippen LogP) is 1.11. The summed E-state index contributed by atoms with van der Waals surface area (Å²) in [6.45, 7) is 2.16. The van der Waals surface area contributed by atoms with E-state index in [1.54, 1.807) is 6.92 Å². The average Bonchev–Trinajstić information content (AvgIpc) is 2.29. The number of nitrogens with one attached hydrogen (secondary N) is 1. The van der Waals surface area contributed by atoms with Gasteiger partial charge in [0.15, 0.2) is 0 Å². The molecule has 0 spiro atoms. The van der Waals surface area contributed by atoms with E-state index in [0.29, 0.717) is 13.0 Å². The Morgan fingerprint density at radius 3 is 2.72 bits per heavy atom. The van der Waals surface area contributed by atoms with Crippen LogP contribution in [0.5, 0.6) is 0 Å². The van der Waals surface area contributed by atoms with Crippen molar-refractivity contribution < 1.29 is 17.5 Å². The Morgan fingerprint density at radius 1 is 1.50 bits per heavy atom. The van der Waals surface area contributed by atoms with Crippen LogP contribution in [-0.2, 0) is 14.8 Å². The number of benzene rings is 1. The Hall–Kier alpha value is -1.18. The summed E-state index contributed by atoms with van der Waals surface area (Å²) in [6.07, 6.45) is 0.535. The first kappa shape index (κ1) is 14.9. The minimum atomic E-state index is -3.73. The van der Waals surface area contributed by atoms with Gasteiger partial charge in [0.05, 0.1) is 10.6 Å². The molecular weight excluding hydrogens is 259 g/mol. The van der Waals surface area contributed by atoms with Gasteiger partial charge in [-0.1, -0.05) is 0 Å². The second-order valence-corrected chi connectivity index (χ2v) is 5.70. The Kier molecular flexibility index (Phi) is 5.06. The van der Waals surface area contributed by atoms with E-state index < -0.39 is 15.8 Å². The molecule has 18 heavy (non-hydrogen) atoms. The smallest absolute Gasteiger partial charge is 0.240 e. The van der Waals surface area contributed by atoms with Crippen LogP contribution in [0.15, 0.2) is 23.1 Å². The van der Waals surface area contributed by atoms with Gasteiger partial charge in [0.25, 0.3) is 0 Å². The molecule has 0 aliphatic heterocycles. The summed E-state index contributed by atoms with van der Waals surface area (Å²) < 4.78 is 44.3. The number of methoxy groups -OCH3 is 1. The van der Waals surface area contributed by atoms with Crippen LogP contribution in [0.3, 0.4) is 0 Å². The third-order valence-corrected chi connectivity index (χ3v) is 3.98. The monoisotopic (exact) mass is 276 g/mol. The van der Waals surface area contributed by atoms with Gasteiger partial charge in [0, 0.05) is 19.8 Å². The standard InChI is InChI=1S/C11H17FN2O3S/c1-8(5-6-17-2)14-18(15,16)9-3-4-11(13)10(12)7-9/h3-4,7-8,14H,5-6,13H2,1-2H3. The third kappa shape index (κ3) is 3.94. The van der Waals surface area contributed by atoms with E-state index >= 15 is 0 Å². The van der Waals surface area contributed by atoms with Crippen molar-refractivity contribution in [1.82, 2.24) is 4.72 Å². The molecule has 0 amide bonds. The highest BCUT2D eigenvalue weighted by Crippen LogP contribution is 2.16. The summed E-state index contributed by atoms with van der Waals surface area (Å²) in [5, 5.41) is 0.